The maximum Gasteiger partial charge on any atom is 0.338 e. The number of hydrogen-bond donors (Lipinski definition) is 1. The normalized spacial score (nSPS) is 11.9. The molecule has 0 bridgehead atoms. The molecule has 0 unspecified atom stereocenters. The quantitative estimate of drug-likeness (QED) is 0.699. The molecule has 0 saturated carbocycles. The summed E-state index contributed by atoms with van der Waals surface area (Å²) >= 11 is 5.67. The number of amides is 1. The van der Waals surface area contributed by atoms with Gasteiger partial charge in [0.1, 0.15) is 5.82 Å². The van der Waals surface area contributed by atoms with Crippen molar-refractivity contribution in [2.24, 2.45) is 0 Å². The Hall–Kier alpha value is -2.44. The molecule has 0 aliphatic rings. The van der Waals surface area contributed by atoms with Gasteiger partial charge in [-0.05, 0) is 56.7 Å². The summed E-state index contributed by atoms with van der Waals surface area (Å²) in [7, 11) is 0. The smallest absolute Gasteiger partial charge is 0.338 e. The van der Waals surface area contributed by atoms with Crippen molar-refractivity contribution in [3.63, 3.8) is 0 Å². The highest BCUT2D eigenvalue weighted by Gasteiger charge is 2.19. The standard InChI is InChI=1S/C20H21ClFNO4/c1-12(2)26-11-14-4-6-15(7-5-14)20(25)27-13(3)19(24)23-16-8-9-18(22)17(21)10-16/h4-10,12-13H,11H2,1-3H3,(H,23,24)/t13-/m0/s1. The minimum atomic E-state index is -1.04. The first-order valence-corrected chi connectivity index (χ1v) is 8.81. The molecule has 0 aliphatic heterocycles. The van der Waals surface area contributed by atoms with Crippen LogP contribution in [0, 0.1) is 5.82 Å². The fourth-order valence-electron chi connectivity index (χ4n) is 2.10. The third-order valence-corrected chi connectivity index (χ3v) is 3.90. The van der Waals surface area contributed by atoms with Gasteiger partial charge in [0.15, 0.2) is 6.10 Å². The van der Waals surface area contributed by atoms with Gasteiger partial charge < -0.3 is 14.8 Å². The molecule has 0 saturated heterocycles. The van der Waals surface area contributed by atoms with Crippen LogP contribution in [-0.4, -0.2) is 24.1 Å². The predicted octanol–water partition coefficient (Wildman–Crippen LogP) is 4.59. The van der Waals surface area contributed by atoms with E-state index >= 15 is 0 Å². The lowest BCUT2D eigenvalue weighted by Crippen LogP contribution is -2.30. The van der Waals surface area contributed by atoms with Crippen LogP contribution in [0.2, 0.25) is 5.02 Å². The number of carbonyl (C=O) groups is 2. The van der Waals surface area contributed by atoms with E-state index in [2.05, 4.69) is 5.32 Å². The van der Waals surface area contributed by atoms with Crippen LogP contribution >= 0.6 is 11.6 Å². The minimum Gasteiger partial charge on any atom is -0.449 e. The largest absolute Gasteiger partial charge is 0.449 e. The van der Waals surface area contributed by atoms with Crippen LogP contribution in [0.4, 0.5) is 10.1 Å². The van der Waals surface area contributed by atoms with Crippen molar-refractivity contribution in [2.75, 3.05) is 5.32 Å². The van der Waals surface area contributed by atoms with E-state index in [1.165, 1.54) is 19.1 Å². The Morgan fingerprint density at radius 1 is 1.11 bits per heavy atom. The van der Waals surface area contributed by atoms with Gasteiger partial charge in [-0.1, -0.05) is 23.7 Å². The highest BCUT2D eigenvalue weighted by atomic mass is 35.5. The Labute approximate surface area is 162 Å². The topological polar surface area (TPSA) is 64.6 Å². The average Bonchev–Trinajstić information content (AvgIpc) is 2.63. The van der Waals surface area contributed by atoms with Crippen molar-refractivity contribution in [1.82, 2.24) is 0 Å². The second-order valence-electron chi connectivity index (χ2n) is 6.22. The van der Waals surface area contributed by atoms with Crippen molar-refractivity contribution in [3.8, 4) is 0 Å². The van der Waals surface area contributed by atoms with Crippen LogP contribution < -0.4 is 5.32 Å². The van der Waals surface area contributed by atoms with Gasteiger partial charge in [0.25, 0.3) is 5.91 Å². The summed E-state index contributed by atoms with van der Waals surface area (Å²) in [5.41, 5.74) is 1.57. The van der Waals surface area contributed by atoms with Crippen molar-refractivity contribution >= 4 is 29.2 Å². The lowest BCUT2D eigenvalue weighted by atomic mass is 10.1. The SMILES string of the molecule is CC(C)OCc1ccc(C(=O)O[C@@H](C)C(=O)Nc2ccc(F)c(Cl)c2)cc1. The number of benzene rings is 2. The molecule has 0 aromatic heterocycles. The lowest BCUT2D eigenvalue weighted by molar-refractivity contribution is -0.123. The highest BCUT2D eigenvalue weighted by molar-refractivity contribution is 6.31. The number of ether oxygens (including phenoxy) is 2. The summed E-state index contributed by atoms with van der Waals surface area (Å²) in [5, 5.41) is 2.41. The van der Waals surface area contributed by atoms with E-state index in [9.17, 15) is 14.0 Å². The molecular weight excluding hydrogens is 373 g/mol. The maximum atomic E-state index is 13.1. The Kier molecular flexibility index (Phi) is 7.33. The van der Waals surface area contributed by atoms with Crippen molar-refractivity contribution < 1.29 is 23.5 Å². The van der Waals surface area contributed by atoms with Crippen LogP contribution in [0.5, 0.6) is 0 Å². The number of hydrogen-bond acceptors (Lipinski definition) is 4. The summed E-state index contributed by atoms with van der Waals surface area (Å²) in [6.45, 7) is 5.78. The van der Waals surface area contributed by atoms with Gasteiger partial charge in [-0.2, -0.15) is 0 Å². The van der Waals surface area contributed by atoms with Gasteiger partial charge >= 0.3 is 5.97 Å². The molecular formula is C20H21ClFNO4. The molecule has 0 fully saturated rings. The molecule has 7 heteroatoms. The number of carbonyl (C=O) groups excluding carboxylic acids is 2. The van der Waals surface area contributed by atoms with Gasteiger partial charge in [-0.15, -0.1) is 0 Å². The molecule has 1 amide bonds. The van der Waals surface area contributed by atoms with E-state index in [0.29, 0.717) is 17.9 Å². The maximum absolute atomic E-state index is 13.1. The second-order valence-corrected chi connectivity index (χ2v) is 6.63. The molecule has 2 aromatic carbocycles. The monoisotopic (exact) mass is 393 g/mol. The minimum absolute atomic E-state index is 0.112. The van der Waals surface area contributed by atoms with E-state index in [4.69, 9.17) is 21.1 Å². The zero-order chi connectivity index (χ0) is 20.0. The van der Waals surface area contributed by atoms with Crippen LogP contribution in [0.15, 0.2) is 42.5 Å². The summed E-state index contributed by atoms with van der Waals surface area (Å²) in [6, 6.07) is 10.6. The van der Waals surface area contributed by atoms with Crippen LogP contribution in [-0.2, 0) is 20.9 Å². The van der Waals surface area contributed by atoms with E-state index in [-0.39, 0.29) is 11.1 Å². The van der Waals surface area contributed by atoms with E-state index in [1.54, 1.807) is 24.3 Å². The van der Waals surface area contributed by atoms with Crippen molar-refractivity contribution in [2.45, 2.75) is 39.6 Å². The molecule has 1 atom stereocenters. The van der Waals surface area contributed by atoms with Crippen molar-refractivity contribution in [3.05, 3.63) is 64.4 Å². The zero-order valence-electron chi connectivity index (χ0n) is 15.3. The number of halogens is 2. The summed E-state index contributed by atoms with van der Waals surface area (Å²) in [6.07, 6.45) is -0.921. The summed E-state index contributed by atoms with van der Waals surface area (Å²) < 4.78 is 23.8. The molecule has 0 radical (unpaired) electrons. The Morgan fingerprint density at radius 2 is 1.78 bits per heavy atom. The average molecular weight is 394 g/mol. The van der Waals surface area contributed by atoms with Gasteiger partial charge in [0, 0.05) is 5.69 Å². The molecule has 144 valence electrons. The number of anilines is 1. The first kappa shape index (κ1) is 20.9. The van der Waals surface area contributed by atoms with Gasteiger partial charge in [0.2, 0.25) is 0 Å². The molecule has 0 spiro atoms. The number of rotatable bonds is 7. The van der Waals surface area contributed by atoms with Crippen LogP contribution in [0.1, 0.15) is 36.7 Å². The fraction of sp³-hybridized carbons (Fsp3) is 0.300. The predicted molar refractivity (Wildman–Crippen MR) is 101 cm³/mol. The Morgan fingerprint density at radius 3 is 2.37 bits per heavy atom. The molecule has 0 aliphatic carbocycles. The summed E-state index contributed by atoms with van der Waals surface area (Å²) in [4.78, 5) is 24.3. The second kappa shape index (κ2) is 9.48. The number of nitrogens with one attached hydrogen (secondary N) is 1. The van der Waals surface area contributed by atoms with E-state index < -0.39 is 23.8 Å². The number of esters is 1. The molecule has 2 aromatic rings. The first-order chi connectivity index (χ1) is 12.8. The van der Waals surface area contributed by atoms with Gasteiger partial charge in [-0.25, -0.2) is 9.18 Å². The van der Waals surface area contributed by atoms with Crippen LogP contribution in [0.3, 0.4) is 0 Å². The Bertz CT molecular complexity index is 808. The molecule has 5 nitrogen and oxygen atoms in total. The van der Waals surface area contributed by atoms with E-state index in [0.717, 1.165) is 11.6 Å². The first-order valence-electron chi connectivity index (χ1n) is 8.43. The molecule has 2 rings (SSSR count). The highest BCUT2D eigenvalue weighted by Crippen LogP contribution is 2.19. The van der Waals surface area contributed by atoms with E-state index in [1.807, 2.05) is 13.8 Å². The molecule has 1 N–H and O–H groups in total. The molecule has 0 heterocycles. The lowest BCUT2D eigenvalue weighted by Gasteiger charge is -2.14. The fourth-order valence-corrected chi connectivity index (χ4v) is 2.28. The Balaban J connectivity index is 1.91. The van der Waals surface area contributed by atoms with Crippen LogP contribution in [0.25, 0.3) is 0 Å². The van der Waals surface area contributed by atoms with Crippen molar-refractivity contribution in [1.29, 1.82) is 0 Å². The summed E-state index contributed by atoms with van der Waals surface area (Å²) in [5.74, 6) is -1.75. The zero-order valence-corrected chi connectivity index (χ0v) is 16.0. The third kappa shape index (κ3) is 6.34. The van der Waals surface area contributed by atoms with Gasteiger partial charge in [-0.3, -0.25) is 4.79 Å². The third-order valence-electron chi connectivity index (χ3n) is 3.61. The molecule has 27 heavy (non-hydrogen) atoms. The van der Waals surface area contributed by atoms with Gasteiger partial charge in [0.05, 0.1) is 23.3 Å².